The Morgan fingerprint density at radius 1 is 1.56 bits per heavy atom. The number of anilines is 1. The molecule has 1 fully saturated rings. The number of aromatic nitrogens is 3. The molecule has 5 heteroatoms. The van der Waals surface area contributed by atoms with Gasteiger partial charge in [-0.3, -0.25) is 0 Å². The first-order chi connectivity index (χ1) is 8.57. The molecule has 5 nitrogen and oxygen atoms in total. The van der Waals surface area contributed by atoms with Crippen LogP contribution in [-0.2, 0) is 4.74 Å². The summed E-state index contributed by atoms with van der Waals surface area (Å²) in [6.07, 6.45) is 3.08. The van der Waals surface area contributed by atoms with E-state index in [0.29, 0.717) is 5.95 Å². The number of nitrogens with zero attached hydrogens (tertiary/aromatic N) is 3. The monoisotopic (exact) mass is 246 g/mol. The van der Waals surface area contributed by atoms with E-state index >= 15 is 0 Å². The normalized spacial score (nSPS) is 27.8. The van der Waals surface area contributed by atoms with Crippen molar-refractivity contribution in [3.8, 4) is 0 Å². The number of hydrogen-bond acceptors (Lipinski definition) is 4. The molecule has 1 saturated heterocycles. The molecule has 3 heterocycles. The summed E-state index contributed by atoms with van der Waals surface area (Å²) in [6.45, 7) is 7.08. The Bertz CT molecular complexity index is 579. The zero-order valence-corrected chi connectivity index (χ0v) is 11.0. The van der Waals surface area contributed by atoms with Gasteiger partial charge in [-0.05, 0) is 44.9 Å². The molecule has 96 valence electrons. The van der Waals surface area contributed by atoms with E-state index in [0.717, 1.165) is 18.7 Å². The lowest BCUT2D eigenvalue weighted by Crippen LogP contribution is -2.41. The molecule has 0 saturated carbocycles. The fourth-order valence-electron chi connectivity index (χ4n) is 2.29. The Balaban J connectivity index is 1.91. The van der Waals surface area contributed by atoms with E-state index in [1.54, 1.807) is 4.52 Å². The minimum absolute atomic E-state index is 0.0834. The highest BCUT2D eigenvalue weighted by atomic mass is 16.5. The Morgan fingerprint density at radius 3 is 3.11 bits per heavy atom. The van der Waals surface area contributed by atoms with E-state index in [4.69, 9.17) is 4.74 Å². The Kier molecular flexibility index (Phi) is 2.52. The molecule has 1 aliphatic rings. The van der Waals surface area contributed by atoms with Crippen molar-refractivity contribution in [1.29, 1.82) is 0 Å². The summed E-state index contributed by atoms with van der Waals surface area (Å²) in [5.74, 6) is 0.667. The van der Waals surface area contributed by atoms with Crippen molar-refractivity contribution in [3.63, 3.8) is 0 Å². The Labute approximate surface area is 106 Å². The summed E-state index contributed by atoms with van der Waals surface area (Å²) in [4.78, 5) is 4.50. The molecule has 0 aliphatic carbocycles. The van der Waals surface area contributed by atoms with Gasteiger partial charge in [0.2, 0.25) is 5.95 Å². The van der Waals surface area contributed by atoms with Crippen LogP contribution >= 0.6 is 0 Å². The molecule has 0 aromatic carbocycles. The smallest absolute Gasteiger partial charge is 0.243 e. The van der Waals surface area contributed by atoms with E-state index in [1.807, 2.05) is 18.3 Å². The number of ether oxygens (including phenoxy) is 1. The van der Waals surface area contributed by atoms with Crippen LogP contribution in [0.5, 0.6) is 0 Å². The molecule has 18 heavy (non-hydrogen) atoms. The lowest BCUT2D eigenvalue weighted by molar-refractivity contribution is 0.105. The quantitative estimate of drug-likeness (QED) is 0.880. The molecule has 0 spiro atoms. The number of pyridine rings is 1. The minimum Gasteiger partial charge on any atom is -0.376 e. The van der Waals surface area contributed by atoms with Gasteiger partial charge < -0.3 is 10.1 Å². The third kappa shape index (κ3) is 1.84. The molecule has 1 aliphatic heterocycles. The molecule has 0 radical (unpaired) electrons. The predicted octanol–water partition coefficient (Wildman–Crippen LogP) is 2.02. The molecule has 2 atom stereocenters. The molecule has 2 aromatic rings. The van der Waals surface area contributed by atoms with Crippen molar-refractivity contribution in [2.75, 3.05) is 11.9 Å². The van der Waals surface area contributed by atoms with Crippen LogP contribution in [0.2, 0.25) is 0 Å². The van der Waals surface area contributed by atoms with Crippen molar-refractivity contribution in [2.45, 2.75) is 38.8 Å². The fourth-order valence-corrected chi connectivity index (χ4v) is 2.29. The molecule has 2 unspecified atom stereocenters. The van der Waals surface area contributed by atoms with E-state index in [-0.39, 0.29) is 11.6 Å². The Hall–Kier alpha value is -1.62. The first kappa shape index (κ1) is 11.5. The minimum atomic E-state index is -0.0834. The number of hydrogen-bond donors (Lipinski definition) is 1. The van der Waals surface area contributed by atoms with E-state index < -0.39 is 0 Å². The second-order valence-electron chi connectivity index (χ2n) is 5.25. The maximum Gasteiger partial charge on any atom is 0.243 e. The van der Waals surface area contributed by atoms with Crippen LogP contribution in [0.25, 0.3) is 5.65 Å². The highest BCUT2D eigenvalue weighted by Gasteiger charge is 2.37. The van der Waals surface area contributed by atoms with E-state index in [9.17, 15) is 0 Å². The maximum absolute atomic E-state index is 5.61. The second-order valence-corrected chi connectivity index (χ2v) is 5.25. The van der Waals surface area contributed by atoms with Gasteiger partial charge in [0.05, 0.1) is 11.6 Å². The summed E-state index contributed by atoms with van der Waals surface area (Å²) >= 11 is 0. The van der Waals surface area contributed by atoms with Gasteiger partial charge in [0.1, 0.15) is 0 Å². The van der Waals surface area contributed by atoms with Gasteiger partial charge in [0, 0.05) is 12.8 Å². The predicted molar refractivity (Wildman–Crippen MR) is 69.8 cm³/mol. The summed E-state index contributed by atoms with van der Waals surface area (Å²) in [5.41, 5.74) is 1.97. The molecule has 0 amide bonds. The van der Waals surface area contributed by atoms with Gasteiger partial charge >= 0.3 is 0 Å². The molecule has 3 rings (SSSR count). The third-order valence-electron chi connectivity index (χ3n) is 3.78. The van der Waals surface area contributed by atoms with Gasteiger partial charge in [0.25, 0.3) is 0 Å². The lowest BCUT2D eigenvalue weighted by Gasteiger charge is -2.27. The van der Waals surface area contributed by atoms with E-state index in [1.165, 1.54) is 5.56 Å². The first-order valence-corrected chi connectivity index (χ1v) is 6.30. The van der Waals surface area contributed by atoms with Gasteiger partial charge in [-0.15, -0.1) is 5.10 Å². The standard InChI is InChI=1S/C13H18N4O/c1-9-4-6-17-11(8-9)14-12(16-17)15-13(3)5-7-18-10(13)2/h4,6,8,10H,5,7H2,1-3H3,(H,15,16). The lowest BCUT2D eigenvalue weighted by atomic mass is 9.95. The summed E-state index contributed by atoms with van der Waals surface area (Å²) in [7, 11) is 0. The topological polar surface area (TPSA) is 51.5 Å². The van der Waals surface area contributed by atoms with Crippen molar-refractivity contribution in [1.82, 2.24) is 14.6 Å². The molecule has 1 N–H and O–H groups in total. The average molecular weight is 246 g/mol. The summed E-state index contributed by atoms with van der Waals surface area (Å²) in [6, 6.07) is 4.05. The van der Waals surface area contributed by atoms with Gasteiger partial charge in [-0.25, -0.2) is 4.52 Å². The van der Waals surface area contributed by atoms with Crippen LogP contribution in [0.15, 0.2) is 18.3 Å². The van der Waals surface area contributed by atoms with Gasteiger partial charge in [-0.1, -0.05) is 0 Å². The molecular weight excluding hydrogens is 228 g/mol. The second kappa shape index (κ2) is 3.95. The van der Waals surface area contributed by atoms with Crippen molar-refractivity contribution in [3.05, 3.63) is 23.9 Å². The van der Waals surface area contributed by atoms with Crippen LogP contribution in [0.3, 0.4) is 0 Å². The highest BCUT2D eigenvalue weighted by molar-refractivity contribution is 5.46. The average Bonchev–Trinajstić information content (AvgIpc) is 2.83. The highest BCUT2D eigenvalue weighted by Crippen LogP contribution is 2.28. The van der Waals surface area contributed by atoms with Crippen molar-refractivity contribution < 1.29 is 4.74 Å². The summed E-state index contributed by atoms with van der Waals surface area (Å²) < 4.78 is 7.40. The van der Waals surface area contributed by atoms with Crippen LogP contribution < -0.4 is 5.32 Å². The SMILES string of the molecule is Cc1ccn2nc(NC3(C)CCOC3C)nc2c1. The number of rotatable bonds is 2. The molecule has 0 bridgehead atoms. The van der Waals surface area contributed by atoms with Gasteiger partial charge in [0.15, 0.2) is 5.65 Å². The maximum atomic E-state index is 5.61. The molecular formula is C13H18N4O. The third-order valence-corrected chi connectivity index (χ3v) is 3.78. The van der Waals surface area contributed by atoms with E-state index in [2.05, 4.69) is 36.2 Å². The zero-order valence-electron chi connectivity index (χ0n) is 11.0. The van der Waals surface area contributed by atoms with Crippen LogP contribution in [0.4, 0.5) is 5.95 Å². The van der Waals surface area contributed by atoms with Crippen LogP contribution in [0.1, 0.15) is 25.8 Å². The number of aryl methyl sites for hydroxylation is 1. The van der Waals surface area contributed by atoms with Crippen molar-refractivity contribution >= 4 is 11.6 Å². The Morgan fingerprint density at radius 2 is 2.39 bits per heavy atom. The van der Waals surface area contributed by atoms with Crippen molar-refractivity contribution in [2.24, 2.45) is 0 Å². The van der Waals surface area contributed by atoms with Crippen LogP contribution in [0, 0.1) is 6.92 Å². The number of nitrogens with one attached hydrogen (secondary N) is 1. The molecule has 2 aromatic heterocycles. The summed E-state index contributed by atoms with van der Waals surface area (Å²) in [5, 5.41) is 7.84. The zero-order chi connectivity index (χ0) is 12.8. The largest absolute Gasteiger partial charge is 0.376 e. The first-order valence-electron chi connectivity index (χ1n) is 6.30. The fraction of sp³-hybridized carbons (Fsp3) is 0.538. The number of fused-ring (bicyclic) bond motifs is 1. The van der Waals surface area contributed by atoms with Gasteiger partial charge in [-0.2, -0.15) is 4.98 Å². The van der Waals surface area contributed by atoms with Crippen LogP contribution in [-0.4, -0.2) is 32.8 Å².